The van der Waals surface area contributed by atoms with Crippen LogP contribution in [0.1, 0.15) is 45.2 Å². The van der Waals surface area contributed by atoms with Crippen LogP contribution >= 0.6 is 0 Å². The van der Waals surface area contributed by atoms with Crippen molar-refractivity contribution in [2.24, 2.45) is 0 Å². The molecular weight excluding hydrogens is 242 g/mol. The van der Waals surface area contributed by atoms with Crippen molar-refractivity contribution in [3.05, 3.63) is 23.8 Å². The molecule has 0 saturated carbocycles. The number of methoxy groups -OCH3 is 1. The third kappa shape index (κ3) is 4.73. The van der Waals surface area contributed by atoms with Gasteiger partial charge in [-0.2, -0.15) is 0 Å². The summed E-state index contributed by atoms with van der Waals surface area (Å²) in [7, 11) is 1.57. The van der Waals surface area contributed by atoms with Crippen molar-refractivity contribution in [3.63, 3.8) is 0 Å². The largest absolute Gasteiger partial charge is 0.507 e. The van der Waals surface area contributed by atoms with Gasteiger partial charge >= 0.3 is 0 Å². The van der Waals surface area contributed by atoms with Crippen molar-refractivity contribution in [2.45, 2.75) is 45.3 Å². The molecule has 0 aromatic heterocycles. The highest BCUT2D eigenvalue weighted by atomic mass is 16.5. The van der Waals surface area contributed by atoms with E-state index in [-0.39, 0.29) is 11.8 Å². The minimum absolute atomic E-state index is 0.0331. The van der Waals surface area contributed by atoms with Crippen LogP contribution < -0.4 is 10.1 Å². The number of phenolic OH excluding ortho intramolecular Hbond substituents is 1. The summed E-state index contributed by atoms with van der Waals surface area (Å²) in [6.07, 6.45) is 1.69. The molecule has 4 heteroatoms. The van der Waals surface area contributed by atoms with E-state index < -0.39 is 5.60 Å². The third-order valence-electron chi connectivity index (χ3n) is 3.28. The van der Waals surface area contributed by atoms with Gasteiger partial charge in [-0.05, 0) is 26.3 Å². The van der Waals surface area contributed by atoms with Crippen molar-refractivity contribution < 1.29 is 14.9 Å². The first-order valence-corrected chi connectivity index (χ1v) is 6.72. The fourth-order valence-electron chi connectivity index (χ4n) is 2.13. The zero-order chi connectivity index (χ0) is 14.5. The highest BCUT2D eigenvalue weighted by molar-refractivity contribution is 5.41. The lowest BCUT2D eigenvalue weighted by molar-refractivity contribution is 0.0476. The predicted octanol–water partition coefficient (Wildman–Crippen LogP) is 2.60. The molecule has 108 valence electrons. The van der Waals surface area contributed by atoms with Crippen LogP contribution in [0, 0.1) is 0 Å². The maximum atomic E-state index is 10.1. The zero-order valence-electron chi connectivity index (χ0n) is 12.2. The molecule has 0 saturated heterocycles. The maximum Gasteiger partial charge on any atom is 0.124 e. The molecule has 0 aliphatic heterocycles. The van der Waals surface area contributed by atoms with Gasteiger partial charge in [0.25, 0.3) is 0 Å². The molecule has 1 rings (SSSR count). The number of phenols is 1. The highest BCUT2D eigenvalue weighted by Gasteiger charge is 2.20. The van der Waals surface area contributed by atoms with Crippen LogP contribution in [0.3, 0.4) is 0 Å². The van der Waals surface area contributed by atoms with Gasteiger partial charge in [-0.15, -0.1) is 0 Å². The Hall–Kier alpha value is -1.26. The van der Waals surface area contributed by atoms with Crippen molar-refractivity contribution in [1.29, 1.82) is 0 Å². The van der Waals surface area contributed by atoms with Gasteiger partial charge in [-0.1, -0.05) is 19.4 Å². The Morgan fingerprint density at radius 1 is 1.42 bits per heavy atom. The molecule has 1 aromatic rings. The van der Waals surface area contributed by atoms with E-state index in [0.29, 0.717) is 12.3 Å². The molecule has 0 heterocycles. The van der Waals surface area contributed by atoms with Crippen LogP contribution in [-0.4, -0.2) is 29.5 Å². The van der Waals surface area contributed by atoms with Crippen molar-refractivity contribution in [2.75, 3.05) is 13.7 Å². The first-order chi connectivity index (χ1) is 8.89. The average Bonchev–Trinajstić information content (AvgIpc) is 2.36. The average molecular weight is 267 g/mol. The van der Waals surface area contributed by atoms with E-state index in [4.69, 9.17) is 4.74 Å². The normalized spacial score (nSPS) is 15.8. The van der Waals surface area contributed by atoms with E-state index in [2.05, 4.69) is 5.32 Å². The fourth-order valence-corrected chi connectivity index (χ4v) is 2.13. The van der Waals surface area contributed by atoms with Crippen LogP contribution in [0.15, 0.2) is 18.2 Å². The summed E-state index contributed by atoms with van der Waals surface area (Å²) in [6, 6.07) is 5.21. The molecule has 0 radical (unpaired) electrons. The van der Waals surface area contributed by atoms with Crippen LogP contribution in [0.25, 0.3) is 0 Å². The molecule has 3 N–H and O–H groups in total. The second kappa shape index (κ2) is 6.78. The van der Waals surface area contributed by atoms with Gasteiger partial charge in [0.1, 0.15) is 11.5 Å². The lowest BCUT2D eigenvalue weighted by Crippen LogP contribution is -2.38. The number of aliphatic hydroxyl groups is 1. The molecule has 19 heavy (non-hydrogen) atoms. The summed E-state index contributed by atoms with van der Waals surface area (Å²) in [5, 5.41) is 23.3. The van der Waals surface area contributed by atoms with Gasteiger partial charge < -0.3 is 20.3 Å². The van der Waals surface area contributed by atoms with E-state index in [1.165, 1.54) is 0 Å². The lowest BCUT2D eigenvalue weighted by atomic mass is 9.99. The summed E-state index contributed by atoms with van der Waals surface area (Å²) in [4.78, 5) is 0. The van der Waals surface area contributed by atoms with Crippen LogP contribution in [-0.2, 0) is 0 Å². The molecule has 0 aliphatic rings. The Balaban J connectivity index is 2.65. The Bertz CT molecular complexity index is 404. The third-order valence-corrected chi connectivity index (χ3v) is 3.28. The molecule has 0 bridgehead atoms. The molecule has 0 amide bonds. The molecule has 2 unspecified atom stereocenters. The smallest absolute Gasteiger partial charge is 0.124 e. The van der Waals surface area contributed by atoms with Crippen molar-refractivity contribution >= 4 is 0 Å². The minimum Gasteiger partial charge on any atom is -0.507 e. The Kier molecular flexibility index (Phi) is 5.63. The van der Waals surface area contributed by atoms with Crippen LogP contribution in [0.5, 0.6) is 11.5 Å². The van der Waals surface area contributed by atoms with Gasteiger partial charge in [0.2, 0.25) is 0 Å². The first kappa shape index (κ1) is 15.8. The Labute approximate surface area is 115 Å². The van der Waals surface area contributed by atoms with Gasteiger partial charge in [-0.3, -0.25) is 0 Å². The Morgan fingerprint density at radius 3 is 2.63 bits per heavy atom. The first-order valence-electron chi connectivity index (χ1n) is 6.72. The summed E-state index contributed by atoms with van der Waals surface area (Å²) in [6.45, 7) is 6.33. The monoisotopic (exact) mass is 267 g/mol. The summed E-state index contributed by atoms with van der Waals surface area (Å²) < 4.78 is 5.06. The second-order valence-corrected chi connectivity index (χ2v) is 5.27. The van der Waals surface area contributed by atoms with Gasteiger partial charge in [0, 0.05) is 24.2 Å². The quantitative estimate of drug-likeness (QED) is 0.710. The number of ether oxygens (including phenoxy) is 1. The van der Waals surface area contributed by atoms with Gasteiger partial charge in [0.05, 0.1) is 12.7 Å². The number of nitrogens with one attached hydrogen (secondary N) is 1. The van der Waals surface area contributed by atoms with Crippen LogP contribution in [0.2, 0.25) is 0 Å². The fraction of sp³-hybridized carbons (Fsp3) is 0.600. The molecule has 0 fully saturated rings. The van der Waals surface area contributed by atoms with E-state index in [1.54, 1.807) is 13.2 Å². The van der Waals surface area contributed by atoms with Gasteiger partial charge in [-0.25, -0.2) is 0 Å². The summed E-state index contributed by atoms with van der Waals surface area (Å²) in [5.41, 5.74) is 0.0820. The van der Waals surface area contributed by atoms with E-state index in [9.17, 15) is 10.2 Å². The predicted molar refractivity (Wildman–Crippen MR) is 76.6 cm³/mol. The number of hydrogen-bond donors (Lipinski definition) is 3. The number of benzene rings is 1. The molecule has 0 aliphatic carbocycles. The number of aromatic hydroxyl groups is 1. The zero-order valence-corrected chi connectivity index (χ0v) is 12.2. The SMILES string of the molecule is CCCC(C)(O)CNC(C)c1ccc(OC)cc1O. The van der Waals surface area contributed by atoms with Crippen LogP contribution in [0.4, 0.5) is 0 Å². The van der Waals surface area contributed by atoms with E-state index in [1.807, 2.05) is 32.9 Å². The minimum atomic E-state index is -0.717. The lowest BCUT2D eigenvalue weighted by Gasteiger charge is -2.26. The Morgan fingerprint density at radius 2 is 2.11 bits per heavy atom. The molecule has 1 aromatic carbocycles. The highest BCUT2D eigenvalue weighted by Crippen LogP contribution is 2.28. The van der Waals surface area contributed by atoms with E-state index in [0.717, 1.165) is 18.4 Å². The summed E-state index contributed by atoms with van der Waals surface area (Å²) in [5.74, 6) is 0.834. The number of hydrogen-bond acceptors (Lipinski definition) is 4. The van der Waals surface area contributed by atoms with Crippen molar-refractivity contribution in [3.8, 4) is 11.5 Å². The summed E-state index contributed by atoms with van der Waals surface area (Å²) >= 11 is 0. The maximum absolute atomic E-state index is 10.1. The molecular formula is C15H25NO3. The number of rotatable bonds is 7. The van der Waals surface area contributed by atoms with E-state index >= 15 is 0 Å². The molecule has 0 spiro atoms. The molecule has 4 nitrogen and oxygen atoms in total. The standard InChI is InChI=1S/C15H25NO3/c1-5-8-15(3,18)10-16-11(2)13-7-6-12(19-4)9-14(13)17/h6-7,9,11,16-18H,5,8,10H2,1-4H3. The topological polar surface area (TPSA) is 61.7 Å². The second-order valence-electron chi connectivity index (χ2n) is 5.27. The van der Waals surface area contributed by atoms with Crippen molar-refractivity contribution in [1.82, 2.24) is 5.32 Å². The van der Waals surface area contributed by atoms with Gasteiger partial charge in [0.15, 0.2) is 0 Å². The molecule has 2 atom stereocenters.